The van der Waals surface area contributed by atoms with E-state index in [1.165, 1.54) is 37.9 Å². The Balaban J connectivity index is 1.99. The van der Waals surface area contributed by atoms with Crippen molar-refractivity contribution >= 4 is 0 Å². The molecule has 2 heteroatoms. The summed E-state index contributed by atoms with van der Waals surface area (Å²) in [5.41, 5.74) is 7.92. The molecule has 1 aliphatic rings. The molecule has 102 valence electrons. The van der Waals surface area contributed by atoms with Gasteiger partial charge in [-0.2, -0.15) is 0 Å². The third-order valence-corrected chi connectivity index (χ3v) is 4.02. The van der Waals surface area contributed by atoms with Crippen LogP contribution in [0.15, 0.2) is 24.3 Å². The van der Waals surface area contributed by atoms with Crippen molar-refractivity contribution in [2.45, 2.75) is 32.7 Å². The molecule has 1 aromatic rings. The van der Waals surface area contributed by atoms with E-state index in [9.17, 15) is 0 Å². The van der Waals surface area contributed by atoms with Crippen molar-refractivity contribution in [1.82, 2.24) is 4.90 Å². The van der Waals surface area contributed by atoms with Gasteiger partial charge in [0.25, 0.3) is 0 Å². The van der Waals surface area contributed by atoms with Crippen molar-refractivity contribution in [3.63, 3.8) is 0 Å². The van der Waals surface area contributed by atoms with Gasteiger partial charge < -0.3 is 5.73 Å². The van der Waals surface area contributed by atoms with Crippen LogP contribution in [0.4, 0.5) is 0 Å². The molecule has 0 saturated carbocycles. The maximum atomic E-state index is 5.46. The second-order valence-corrected chi connectivity index (χ2v) is 5.29. The first-order chi connectivity index (χ1) is 9.33. The van der Waals surface area contributed by atoms with Gasteiger partial charge in [-0.15, -0.1) is 0 Å². The van der Waals surface area contributed by atoms with Gasteiger partial charge in [0, 0.05) is 12.1 Å². The van der Waals surface area contributed by atoms with Crippen LogP contribution in [-0.4, -0.2) is 24.5 Å². The molecule has 1 aliphatic heterocycles. The highest BCUT2D eigenvalue weighted by atomic mass is 15.1. The Labute approximate surface area is 117 Å². The fourth-order valence-corrected chi connectivity index (χ4v) is 2.72. The van der Waals surface area contributed by atoms with E-state index in [0.717, 1.165) is 18.0 Å². The number of rotatable bonds is 3. The van der Waals surface area contributed by atoms with Gasteiger partial charge in [0.2, 0.25) is 0 Å². The van der Waals surface area contributed by atoms with Gasteiger partial charge in [0.1, 0.15) is 0 Å². The Morgan fingerprint density at radius 1 is 1.26 bits per heavy atom. The lowest BCUT2D eigenvalue weighted by Gasteiger charge is -2.31. The van der Waals surface area contributed by atoms with Gasteiger partial charge in [-0.3, -0.25) is 4.90 Å². The van der Waals surface area contributed by atoms with Gasteiger partial charge >= 0.3 is 0 Å². The molecule has 2 nitrogen and oxygen atoms in total. The Hall–Kier alpha value is -1.30. The molecule has 1 heterocycles. The van der Waals surface area contributed by atoms with Crippen LogP contribution in [0.5, 0.6) is 0 Å². The molecule has 2 rings (SSSR count). The second kappa shape index (κ2) is 7.33. The fourth-order valence-electron chi connectivity index (χ4n) is 2.72. The summed E-state index contributed by atoms with van der Waals surface area (Å²) in [5.74, 6) is 7.07. The van der Waals surface area contributed by atoms with Crippen LogP contribution in [0.2, 0.25) is 0 Å². The topological polar surface area (TPSA) is 29.3 Å². The average molecular weight is 256 g/mol. The lowest BCUT2D eigenvalue weighted by Crippen LogP contribution is -2.33. The van der Waals surface area contributed by atoms with Crippen molar-refractivity contribution in [3.8, 4) is 11.8 Å². The maximum absolute atomic E-state index is 5.46. The zero-order valence-electron chi connectivity index (χ0n) is 11.9. The van der Waals surface area contributed by atoms with E-state index < -0.39 is 0 Å². The monoisotopic (exact) mass is 256 g/mol. The third kappa shape index (κ3) is 4.09. The molecule has 1 saturated heterocycles. The predicted molar refractivity (Wildman–Crippen MR) is 80.7 cm³/mol. The summed E-state index contributed by atoms with van der Waals surface area (Å²) in [7, 11) is 0. The molecule has 1 fully saturated rings. The number of nitrogens with two attached hydrogens (primary N) is 1. The maximum Gasteiger partial charge on any atom is 0.0555 e. The van der Waals surface area contributed by atoms with Crippen molar-refractivity contribution in [2.75, 3.05) is 19.6 Å². The molecule has 0 amide bonds. The van der Waals surface area contributed by atoms with Crippen LogP contribution in [0, 0.1) is 17.8 Å². The van der Waals surface area contributed by atoms with E-state index in [1.807, 2.05) is 6.07 Å². The summed E-state index contributed by atoms with van der Waals surface area (Å²) in [4.78, 5) is 2.55. The zero-order chi connectivity index (χ0) is 13.5. The first kappa shape index (κ1) is 14.1. The third-order valence-electron chi connectivity index (χ3n) is 4.02. The first-order valence-electron chi connectivity index (χ1n) is 7.32. The smallest absolute Gasteiger partial charge is 0.0555 e. The molecule has 0 unspecified atom stereocenters. The Morgan fingerprint density at radius 2 is 2.00 bits per heavy atom. The molecule has 0 spiro atoms. The minimum Gasteiger partial charge on any atom is -0.320 e. The highest BCUT2D eigenvalue weighted by molar-refractivity contribution is 5.41. The van der Waals surface area contributed by atoms with Gasteiger partial charge in [0.15, 0.2) is 0 Å². The fraction of sp³-hybridized carbons (Fsp3) is 0.529. The Kier molecular flexibility index (Phi) is 5.44. The van der Waals surface area contributed by atoms with E-state index in [0.29, 0.717) is 6.54 Å². The van der Waals surface area contributed by atoms with Crippen molar-refractivity contribution < 1.29 is 0 Å². The number of likely N-dealkylation sites (tertiary alicyclic amines) is 1. The largest absolute Gasteiger partial charge is 0.320 e. The Bertz CT molecular complexity index is 448. The molecular weight excluding hydrogens is 232 g/mol. The summed E-state index contributed by atoms with van der Waals surface area (Å²) >= 11 is 0. The summed E-state index contributed by atoms with van der Waals surface area (Å²) in [6.07, 6.45) is 4.01. The van der Waals surface area contributed by atoms with Gasteiger partial charge in [-0.1, -0.05) is 43.4 Å². The number of nitrogens with zero attached hydrogens (tertiary/aromatic N) is 1. The van der Waals surface area contributed by atoms with Crippen molar-refractivity contribution in [1.29, 1.82) is 0 Å². The predicted octanol–water partition coefficient (Wildman–Crippen LogP) is 2.62. The number of piperidine rings is 1. The quantitative estimate of drug-likeness (QED) is 0.842. The molecule has 1 aromatic carbocycles. The molecule has 0 aliphatic carbocycles. The van der Waals surface area contributed by atoms with E-state index in [-0.39, 0.29) is 0 Å². The van der Waals surface area contributed by atoms with Crippen molar-refractivity contribution in [2.24, 2.45) is 11.7 Å². The van der Waals surface area contributed by atoms with E-state index in [2.05, 4.69) is 41.9 Å². The first-order valence-corrected chi connectivity index (χ1v) is 7.32. The minimum absolute atomic E-state index is 0.427. The molecule has 0 aromatic heterocycles. The van der Waals surface area contributed by atoms with Crippen LogP contribution in [-0.2, 0) is 6.54 Å². The van der Waals surface area contributed by atoms with Crippen LogP contribution >= 0.6 is 0 Å². The van der Waals surface area contributed by atoms with Gasteiger partial charge in [0.05, 0.1) is 6.54 Å². The summed E-state index contributed by atoms with van der Waals surface area (Å²) < 4.78 is 0. The zero-order valence-corrected chi connectivity index (χ0v) is 11.9. The lowest BCUT2D eigenvalue weighted by atomic mass is 9.94. The van der Waals surface area contributed by atoms with Crippen LogP contribution in [0.3, 0.4) is 0 Å². The molecule has 19 heavy (non-hydrogen) atoms. The molecular formula is C17H24N2. The Morgan fingerprint density at radius 3 is 2.68 bits per heavy atom. The molecule has 0 bridgehead atoms. The van der Waals surface area contributed by atoms with E-state index in [4.69, 9.17) is 5.73 Å². The van der Waals surface area contributed by atoms with Crippen LogP contribution < -0.4 is 5.73 Å². The minimum atomic E-state index is 0.427. The standard InChI is InChI=1S/C17H24N2/c1-2-15-9-12-19(13-10-15)14-17-7-4-3-6-16(17)8-5-11-18/h3-4,6-7,15H,2,9-14,18H2,1H3. The summed E-state index contributed by atoms with van der Waals surface area (Å²) in [6.45, 7) is 6.19. The second-order valence-electron chi connectivity index (χ2n) is 5.29. The molecule has 2 N–H and O–H groups in total. The van der Waals surface area contributed by atoms with Crippen molar-refractivity contribution in [3.05, 3.63) is 35.4 Å². The van der Waals surface area contributed by atoms with E-state index >= 15 is 0 Å². The highest BCUT2D eigenvalue weighted by Crippen LogP contribution is 2.22. The highest BCUT2D eigenvalue weighted by Gasteiger charge is 2.18. The summed E-state index contributed by atoms with van der Waals surface area (Å²) in [5, 5.41) is 0. The number of hydrogen-bond acceptors (Lipinski definition) is 2. The average Bonchev–Trinajstić information content (AvgIpc) is 2.47. The molecule has 0 radical (unpaired) electrons. The number of hydrogen-bond donors (Lipinski definition) is 1. The SMILES string of the molecule is CCC1CCN(Cc2ccccc2C#CCN)CC1. The van der Waals surface area contributed by atoms with Crippen LogP contribution in [0.25, 0.3) is 0 Å². The van der Waals surface area contributed by atoms with Gasteiger partial charge in [-0.25, -0.2) is 0 Å². The number of benzene rings is 1. The summed E-state index contributed by atoms with van der Waals surface area (Å²) in [6, 6.07) is 8.43. The van der Waals surface area contributed by atoms with E-state index in [1.54, 1.807) is 0 Å². The van der Waals surface area contributed by atoms with Gasteiger partial charge in [-0.05, 0) is 43.5 Å². The molecule has 0 atom stereocenters. The normalized spacial score (nSPS) is 16.9. The van der Waals surface area contributed by atoms with Crippen LogP contribution in [0.1, 0.15) is 37.3 Å². The lowest BCUT2D eigenvalue weighted by molar-refractivity contribution is 0.175.